The van der Waals surface area contributed by atoms with Crippen molar-refractivity contribution in [1.82, 2.24) is 14.6 Å². The molecule has 2 N–H and O–H groups in total. The molecule has 0 aliphatic carbocycles. The van der Waals surface area contributed by atoms with Gasteiger partial charge in [-0.15, -0.1) is 0 Å². The van der Waals surface area contributed by atoms with E-state index in [0.717, 1.165) is 34.0 Å². The van der Waals surface area contributed by atoms with E-state index in [0.29, 0.717) is 24.5 Å². The fraction of sp³-hybridized carbons (Fsp3) is 0.368. The number of benzene rings is 1. The summed E-state index contributed by atoms with van der Waals surface area (Å²) in [4.78, 5) is 4.64. The van der Waals surface area contributed by atoms with Gasteiger partial charge in [-0.25, -0.2) is 4.98 Å². The first-order valence-electron chi connectivity index (χ1n) is 8.52. The molecule has 1 aromatic carbocycles. The van der Waals surface area contributed by atoms with Crippen LogP contribution in [0.2, 0.25) is 0 Å². The lowest BCUT2D eigenvalue weighted by Crippen LogP contribution is -2.11. The molecule has 3 rings (SSSR count). The van der Waals surface area contributed by atoms with Crippen molar-refractivity contribution in [2.24, 2.45) is 0 Å². The van der Waals surface area contributed by atoms with Gasteiger partial charge in [-0.2, -0.15) is 9.61 Å². The van der Waals surface area contributed by atoms with Gasteiger partial charge in [-0.3, -0.25) is 0 Å². The Kier molecular flexibility index (Phi) is 5.27. The Hall–Kier alpha value is -2.80. The number of nitrogens with zero attached hydrogens (tertiary/aromatic N) is 3. The molecule has 26 heavy (non-hydrogen) atoms. The van der Waals surface area contributed by atoms with Gasteiger partial charge in [0, 0.05) is 42.1 Å². The van der Waals surface area contributed by atoms with Crippen molar-refractivity contribution in [3.05, 3.63) is 35.5 Å². The molecule has 0 aliphatic heterocycles. The number of hydrogen-bond donors (Lipinski definition) is 2. The average Bonchev–Trinajstić information content (AvgIpc) is 3.08. The van der Waals surface area contributed by atoms with Crippen LogP contribution < -0.4 is 14.8 Å². The summed E-state index contributed by atoms with van der Waals surface area (Å²) in [5.41, 5.74) is 4.41. The molecule has 0 aliphatic rings. The number of aromatic nitrogens is 3. The Morgan fingerprint density at radius 1 is 1.08 bits per heavy atom. The van der Waals surface area contributed by atoms with Gasteiger partial charge in [0.2, 0.25) is 0 Å². The van der Waals surface area contributed by atoms with Crippen LogP contribution in [0.4, 0.5) is 5.82 Å². The van der Waals surface area contributed by atoms with E-state index < -0.39 is 0 Å². The predicted octanol–water partition coefficient (Wildman–Crippen LogP) is 2.82. The SMILES string of the molecule is COc1cc(OC)cc(-c2cc3nc(C)c(C)c(NCCCO)n3n2)c1. The molecule has 0 unspecified atom stereocenters. The number of methoxy groups -OCH3 is 2. The molecule has 7 heteroatoms. The molecule has 7 nitrogen and oxygen atoms in total. The van der Waals surface area contributed by atoms with Gasteiger partial charge in [0.05, 0.1) is 19.9 Å². The van der Waals surface area contributed by atoms with Crippen molar-refractivity contribution in [1.29, 1.82) is 0 Å². The van der Waals surface area contributed by atoms with Crippen LogP contribution in [0.15, 0.2) is 24.3 Å². The Labute approximate surface area is 152 Å². The molecule has 138 valence electrons. The second-order valence-corrected chi connectivity index (χ2v) is 6.08. The Morgan fingerprint density at radius 3 is 2.38 bits per heavy atom. The summed E-state index contributed by atoms with van der Waals surface area (Å²) in [5, 5.41) is 17.1. The van der Waals surface area contributed by atoms with Gasteiger partial charge >= 0.3 is 0 Å². The number of rotatable bonds is 7. The Morgan fingerprint density at radius 2 is 1.77 bits per heavy atom. The summed E-state index contributed by atoms with van der Waals surface area (Å²) in [6, 6.07) is 7.61. The van der Waals surface area contributed by atoms with Gasteiger partial charge in [0.25, 0.3) is 0 Å². The zero-order chi connectivity index (χ0) is 18.7. The maximum absolute atomic E-state index is 9.03. The second kappa shape index (κ2) is 7.61. The largest absolute Gasteiger partial charge is 0.497 e. The lowest BCUT2D eigenvalue weighted by molar-refractivity contribution is 0.292. The van der Waals surface area contributed by atoms with E-state index in [1.807, 2.05) is 38.1 Å². The van der Waals surface area contributed by atoms with E-state index in [1.165, 1.54) is 0 Å². The lowest BCUT2D eigenvalue weighted by atomic mass is 10.1. The number of aryl methyl sites for hydroxylation is 1. The van der Waals surface area contributed by atoms with E-state index in [2.05, 4.69) is 10.3 Å². The molecule has 2 aromatic heterocycles. The third-order valence-corrected chi connectivity index (χ3v) is 4.36. The summed E-state index contributed by atoms with van der Waals surface area (Å²) in [5.74, 6) is 2.30. The molecule has 0 saturated heterocycles. The smallest absolute Gasteiger partial charge is 0.158 e. The summed E-state index contributed by atoms with van der Waals surface area (Å²) in [6.45, 7) is 4.80. The highest BCUT2D eigenvalue weighted by atomic mass is 16.5. The van der Waals surface area contributed by atoms with Crippen molar-refractivity contribution in [3.63, 3.8) is 0 Å². The first kappa shape index (κ1) is 18.0. The van der Waals surface area contributed by atoms with Gasteiger partial charge < -0.3 is 19.9 Å². The number of ether oxygens (including phenoxy) is 2. The molecule has 0 fully saturated rings. The maximum Gasteiger partial charge on any atom is 0.158 e. The van der Waals surface area contributed by atoms with Crippen molar-refractivity contribution in [2.45, 2.75) is 20.3 Å². The molecule has 0 atom stereocenters. The van der Waals surface area contributed by atoms with Gasteiger partial charge in [0.15, 0.2) is 5.65 Å². The number of nitrogens with one attached hydrogen (secondary N) is 1. The Bertz CT molecular complexity index is 899. The van der Waals surface area contributed by atoms with E-state index in [4.69, 9.17) is 19.7 Å². The minimum Gasteiger partial charge on any atom is -0.497 e. The van der Waals surface area contributed by atoms with E-state index in [1.54, 1.807) is 18.7 Å². The van der Waals surface area contributed by atoms with Gasteiger partial charge in [-0.1, -0.05) is 0 Å². The van der Waals surface area contributed by atoms with Gasteiger partial charge in [-0.05, 0) is 32.4 Å². The van der Waals surface area contributed by atoms with Crippen LogP contribution in [0, 0.1) is 13.8 Å². The number of aliphatic hydroxyl groups excluding tert-OH is 1. The van der Waals surface area contributed by atoms with Crippen LogP contribution >= 0.6 is 0 Å². The molecule has 0 amide bonds. The van der Waals surface area contributed by atoms with E-state index in [-0.39, 0.29) is 6.61 Å². The standard InChI is InChI=1S/C19H24N4O3/c1-12-13(2)21-18-11-17(22-23(18)19(12)20-6-5-7-24)14-8-15(25-3)10-16(9-14)26-4/h8-11,20,24H,5-7H2,1-4H3. The zero-order valence-electron chi connectivity index (χ0n) is 15.5. The summed E-state index contributed by atoms with van der Waals surface area (Å²) in [6.07, 6.45) is 0.670. The third-order valence-electron chi connectivity index (χ3n) is 4.36. The average molecular weight is 356 g/mol. The summed E-state index contributed by atoms with van der Waals surface area (Å²) < 4.78 is 12.5. The van der Waals surface area contributed by atoms with Crippen LogP contribution in [0.5, 0.6) is 11.5 Å². The molecular formula is C19H24N4O3. The zero-order valence-corrected chi connectivity index (χ0v) is 15.5. The molecular weight excluding hydrogens is 332 g/mol. The highest BCUT2D eigenvalue weighted by Crippen LogP contribution is 2.30. The first-order chi connectivity index (χ1) is 12.6. The van der Waals surface area contributed by atoms with Crippen molar-refractivity contribution < 1.29 is 14.6 Å². The minimum absolute atomic E-state index is 0.146. The predicted molar refractivity (Wildman–Crippen MR) is 101 cm³/mol. The van der Waals surface area contributed by atoms with Crippen LogP contribution in [0.3, 0.4) is 0 Å². The molecule has 0 radical (unpaired) electrons. The van der Waals surface area contributed by atoms with Crippen LogP contribution in [0.25, 0.3) is 16.9 Å². The Balaban J connectivity index is 2.10. The fourth-order valence-corrected chi connectivity index (χ4v) is 2.79. The van der Waals surface area contributed by atoms with Crippen molar-refractivity contribution in [2.75, 3.05) is 32.7 Å². The topological polar surface area (TPSA) is 80.9 Å². The molecule has 0 bridgehead atoms. The summed E-state index contributed by atoms with van der Waals surface area (Å²) in [7, 11) is 3.25. The number of aliphatic hydroxyl groups is 1. The first-order valence-corrected chi connectivity index (χ1v) is 8.52. The minimum atomic E-state index is 0.146. The monoisotopic (exact) mass is 356 g/mol. The molecule has 3 aromatic rings. The third kappa shape index (κ3) is 3.43. The quantitative estimate of drug-likeness (QED) is 0.634. The number of hydrogen-bond acceptors (Lipinski definition) is 6. The van der Waals surface area contributed by atoms with Crippen LogP contribution in [-0.4, -0.2) is 47.1 Å². The molecule has 0 spiro atoms. The van der Waals surface area contributed by atoms with E-state index >= 15 is 0 Å². The summed E-state index contributed by atoms with van der Waals surface area (Å²) >= 11 is 0. The van der Waals surface area contributed by atoms with Crippen LogP contribution in [-0.2, 0) is 0 Å². The molecule has 2 heterocycles. The van der Waals surface area contributed by atoms with Gasteiger partial charge in [0.1, 0.15) is 17.3 Å². The second-order valence-electron chi connectivity index (χ2n) is 6.08. The van der Waals surface area contributed by atoms with Crippen molar-refractivity contribution in [3.8, 4) is 22.8 Å². The highest BCUT2D eigenvalue weighted by Gasteiger charge is 2.14. The highest BCUT2D eigenvalue weighted by molar-refractivity contribution is 5.69. The fourth-order valence-electron chi connectivity index (χ4n) is 2.79. The van der Waals surface area contributed by atoms with Crippen LogP contribution in [0.1, 0.15) is 17.7 Å². The lowest BCUT2D eigenvalue weighted by Gasteiger charge is -2.12. The van der Waals surface area contributed by atoms with Crippen molar-refractivity contribution >= 4 is 11.5 Å². The number of anilines is 1. The number of fused-ring (bicyclic) bond motifs is 1. The maximum atomic E-state index is 9.03. The van der Waals surface area contributed by atoms with E-state index in [9.17, 15) is 0 Å². The normalized spacial score (nSPS) is 11.0. The molecule has 0 saturated carbocycles.